The number of halogens is 1. The van der Waals surface area contributed by atoms with Crippen molar-refractivity contribution < 1.29 is 9.47 Å². The Balaban J connectivity index is 2.14. The van der Waals surface area contributed by atoms with Crippen molar-refractivity contribution in [2.24, 2.45) is 0 Å². The van der Waals surface area contributed by atoms with E-state index in [9.17, 15) is 0 Å². The van der Waals surface area contributed by atoms with Gasteiger partial charge in [-0.15, -0.1) is 0 Å². The number of anilines is 1. The molecule has 96 valence electrons. The number of hydrogen-bond acceptors (Lipinski definition) is 3. The highest BCUT2D eigenvalue weighted by molar-refractivity contribution is 6.31. The molecule has 0 saturated heterocycles. The van der Waals surface area contributed by atoms with Crippen LogP contribution in [0.5, 0.6) is 0 Å². The van der Waals surface area contributed by atoms with Crippen LogP contribution in [-0.4, -0.2) is 19.8 Å². The van der Waals surface area contributed by atoms with E-state index in [1.807, 2.05) is 12.1 Å². The van der Waals surface area contributed by atoms with E-state index in [0.717, 1.165) is 25.0 Å². The van der Waals surface area contributed by atoms with Crippen LogP contribution in [0.25, 0.3) is 0 Å². The number of unbranched alkanes of at least 4 members (excludes halogenated alkanes) is 1. The monoisotopic (exact) mass is 257 g/mol. The molecule has 0 aromatic heterocycles. The van der Waals surface area contributed by atoms with Crippen LogP contribution in [-0.2, 0) is 16.1 Å². The van der Waals surface area contributed by atoms with Gasteiger partial charge in [-0.25, -0.2) is 0 Å². The summed E-state index contributed by atoms with van der Waals surface area (Å²) in [5, 5.41) is 0.650. The fraction of sp³-hybridized carbons (Fsp3) is 0.538. The Morgan fingerprint density at radius 3 is 2.65 bits per heavy atom. The van der Waals surface area contributed by atoms with Gasteiger partial charge in [-0.1, -0.05) is 31.0 Å². The Hall–Kier alpha value is -0.770. The molecule has 0 bridgehead atoms. The number of nitrogens with two attached hydrogens (primary N) is 1. The van der Waals surface area contributed by atoms with Crippen LogP contribution in [0.1, 0.15) is 25.3 Å². The van der Waals surface area contributed by atoms with Crippen LogP contribution in [0.15, 0.2) is 18.2 Å². The van der Waals surface area contributed by atoms with E-state index in [1.165, 1.54) is 0 Å². The predicted molar refractivity (Wildman–Crippen MR) is 71.2 cm³/mol. The second kappa shape index (κ2) is 8.34. The van der Waals surface area contributed by atoms with Crippen molar-refractivity contribution in [2.75, 3.05) is 25.6 Å². The second-order valence-corrected chi connectivity index (χ2v) is 4.28. The predicted octanol–water partition coefficient (Wildman–Crippen LogP) is 3.26. The van der Waals surface area contributed by atoms with Crippen LogP contribution >= 0.6 is 11.6 Å². The van der Waals surface area contributed by atoms with Crippen molar-refractivity contribution in [1.29, 1.82) is 0 Å². The Labute approximate surface area is 108 Å². The summed E-state index contributed by atoms with van der Waals surface area (Å²) >= 11 is 6.02. The minimum atomic E-state index is 0.496. The van der Waals surface area contributed by atoms with E-state index in [4.69, 9.17) is 26.8 Å². The standard InChI is InChI=1S/C13H20ClNO2/c1-2-3-6-16-7-8-17-10-11-4-5-12(15)9-13(11)14/h4-5,9H,2-3,6-8,10,15H2,1H3. The van der Waals surface area contributed by atoms with Crippen molar-refractivity contribution in [1.82, 2.24) is 0 Å². The summed E-state index contributed by atoms with van der Waals surface area (Å²) in [7, 11) is 0. The first-order chi connectivity index (χ1) is 8.24. The molecular formula is C13H20ClNO2. The largest absolute Gasteiger partial charge is 0.399 e. The maximum Gasteiger partial charge on any atom is 0.0732 e. The average Bonchev–Trinajstić information content (AvgIpc) is 2.30. The van der Waals surface area contributed by atoms with Crippen molar-refractivity contribution in [2.45, 2.75) is 26.4 Å². The molecule has 2 N–H and O–H groups in total. The quantitative estimate of drug-likeness (QED) is 0.574. The van der Waals surface area contributed by atoms with E-state index in [2.05, 4.69) is 6.92 Å². The van der Waals surface area contributed by atoms with Crippen molar-refractivity contribution >= 4 is 17.3 Å². The Morgan fingerprint density at radius 1 is 1.18 bits per heavy atom. The first-order valence-corrected chi connectivity index (χ1v) is 6.31. The molecular weight excluding hydrogens is 238 g/mol. The fourth-order valence-electron chi connectivity index (χ4n) is 1.33. The molecule has 1 aromatic carbocycles. The lowest BCUT2D eigenvalue weighted by molar-refractivity contribution is 0.0397. The summed E-state index contributed by atoms with van der Waals surface area (Å²) in [6.07, 6.45) is 2.26. The third-order valence-corrected chi connectivity index (χ3v) is 2.70. The van der Waals surface area contributed by atoms with Crippen LogP contribution in [0.3, 0.4) is 0 Å². The summed E-state index contributed by atoms with van der Waals surface area (Å²) in [5.41, 5.74) is 7.23. The Bertz CT molecular complexity index is 331. The zero-order chi connectivity index (χ0) is 12.5. The first kappa shape index (κ1) is 14.3. The summed E-state index contributed by atoms with van der Waals surface area (Å²) in [6, 6.07) is 5.44. The smallest absolute Gasteiger partial charge is 0.0732 e. The molecule has 0 aliphatic carbocycles. The molecule has 0 atom stereocenters. The first-order valence-electron chi connectivity index (χ1n) is 5.93. The van der Waals surface area contributed by atoms with E-state index in [-0.39, 0.29) is 0 Å². The van der Waals surface area contributed by atoms with Gasteiger partial charge in [-0.2, -0.15) is 0 Å². The van der Waals surface area contributed by atoms with Crippen LogP contribution in [0.4, 0.5) is 5.69 Å². The third kappa shape index (κ3) is 5.91. The van der Waals surface area contributed by atoms with E-state index >= 15 is 0 Å². The molecule has 3 nitrogen and oxygen atoms in total. The van der Waals surface area contributed by atoms with Crippen molar-refractivity contribution in [3.05, 3.63) is 28.8 Å². The molecule has 0 saturated carbocycles. The molecule has 0 heterocycles. The molecule has 0 aliphatic heterocycles. The van der Waals surface area contributed by atoms with Crippen LogP contribution in [0, 0.1) is 0 Å². The zero-order valence-electron chi connectivity index (χ0n) is 10.2. The molecule has 0 unspecified atom stereocenters. The average molecular weight is 258 g/mol. The molecule has 1 rings (SSSR count). The minimum absolute atomic E-state index is 0.496. The topological polar surface area (TPSA) is 44.5 Å². The lowest BCUT2D eigenvalue weighted by atomic mass is 10.2. The van der Waals surface area contributed by atoms with E-state index in [1.54, 1.807) is 6.07 Å². The maximum atomic E-state index is 6.02. The molecule has 0 aliphatic rings. The normalized spacial score (nSPS) is 10.7. The highest BCUT2D eigenvalue weighted by Crippen LogP contribution is 2.19. The summed E-state index contributed by atoms with van der Waals surface area (Å²) < 4.78 is 10.9. The lowest BCUT2D eigenvalue weighted by Crippen LogP contribution is -2.05. The third-order valence-electron chi connectivity index (χ3n) is 2.35. The van der Waals surface area contributed by atoms with Gasteiger partial charge in [0.25, 0.3) is 0 Å². The number of benzene rings is 1. The Kier molecular flexibility index (Phi) is 7.01. The van der Waals surface area contributed by atoms with Gasteiger partial charge in [0, 0.05) is 17.3 Å². The Morgan fingerprint density at radius 2 is 1.94 bits per heavy atom. The van der Waals surface area contributed by atoms with Gasteiger partial charge in [-0.05, 0) is 24.1 Å². The van der Waals surface area contributed by atoms with Gasteiger partial charge in [0.1, 0.15) is 0 Å². The highest BCUT2D eigenvalue weighted by Gasteiger charge is 2.00. The minimum Gasteiger partial charge on any atom is -0.399 e. The van der Waals surface area contributed by atoms with Crippen molar-refractivity contribution in [3.8, 4) is 0 Å². The van der Waals surface area contributed by atoms with Gasteiger partial charge in [0.15, 0.2) is 0 Å². The molecule has 4 heteroatoms. The number of hydrogen-bond donors (Lipinski definition) is 1. The van der Waals surface area contributed by atoms with Gasteiger partial charge >= 0.3 is 0 Å². The van der Waals surface area contributed by atoms with Gasteiger partial charge in [0.2, 0.25) is 0 Å². The van der Waals surface area contributed by atoms with Gasteiger partial charge in [0.05, 0.1) is 19.8 Å². The van der Waals surface area contributed by atoms with E-state index in [0.29, 0.717) is 30.5 Å². The van der Waals surface area contributed by atoms with Gasteiger partial charge in [-0.3, -0.25) is 0 Å². The summed E-state index contributed by atoms with van der Waals surface area (Å²) in [5.74, 6) is 0. The number of nitrogen functional groups attached to an aromatic ring is 1. The van der Waals surface area contributed by atoms with Crippen molar-refractivity contribution in [3.63, 3.8) is 0 Å². The number of rotatable bonds is 8. The molecule has 0 radical (unpaired) electrons. The van der Waals surface area contributed by atoms with E-state index < -0.39 is 0 Å². The SMILES string of the molecule is CCCCOCCOCc1ccc(N)cc1Cl. The van der Waals surface area contributed by atoms with Crippen LogP contribution < -0.4 is 5.73 Å². The molecule has 17 heavy (non-hydrogen) atoms. The molecule has 0 fully saturated rings. The second-order valence-electron chi connectivity index (χ2n) is 3.87. The molecule has 1 aromatic rings. The number of ether oxygens (including phenoxy) is 2. The fourth-order valence-corrected chi connectivity index (χ4v) is 1.57. The molecule has 0 amide bonds. The maximum absolute atomic E-state index is 6.02. The summed E-state index contributed by atoms with van der Waals surface area (Å²) in [4.78, 5) is 0. The zero-order valence-corrected chi connectivity index (χ0v) is 11.0. The molecule has 0 spiro atoms. The summed E-state index contributed by atoms with van der Waals surface area (Å²) in [6.45, 7) is 4.67. The lowest BCUT2D eigenvalue weighted by Gasteiger charge is -2.07. The highest BCUT2D eigenvalue weighted by atomic mass is 35.5. The van der Waals surface area contributed by atoms with Crippen LogP contribution in [0.2, 0.25) is 5.02 Å². The van der Waals surface area contributed by atoms with Gasteiger partial charge < -0.3 is 15.2 Å².